The van der Waals surface area contributed by atoms with Gasteiger partial charge in [-0.3, -0.25) is 14.8 Å². The van der Waals surface area contributed by atoms with Gasteiger partial charge in [0.2, 0.25) is 0 Å². The van der Waals surface area contributed by atoms with Gasteiger partial charge in [-0.05, 0) is 18.4 Å². The van der Waals surface area contributed by atoms with Gasteiger partial charge in [-0.2, -0.15) is 11.8 Å². The number of rotatable bonds is 7. The number of nitrogens with one attached hydrogen (secondary N) is 3. The normalized spacial score (nSPS) is 10.5. The Balaban J connectivity index is 0.00000400. The summed E-state index contributed by atoms with van der Waals surface area (Å²) in [6, 6.07) is 3.48. The number of nitrogens with zero attached hydrogens (tertiary/aromatic N) is 2. The highest BCUT2D eigenvalue weighted by atomic mass is 127. The van der Waals surface area contributed by atoms with E-state index in [4.69, 9.17) is 0 Å². The number of guanidine groups is 1. The van der Waals surface area contributed by atoms with Crippen LogP contribution in [0.3, 0.4) is 0 Å². The molecule has 0 aliphatic rings. The van der Waals surface area contributed by atoms with Crippen LogP contribution in [0.15, 0.2) is 29.5 Å². The fourth-order valence-corrected chi connectivity index (χ4v) is 1.75. The maximum atomic E-state index is 11.7. The summed E-state index contributed by atoms with van der Waals surface area (Å²) in [4.78, 5) is 19.7. The fraction of sp³-hybridized carbons (Fsp3) is 0.462. The molecule has 1 heterocycles. The zero-order valence-corrected chi connectivity index (χ0v) is 15.4. The molecule has 0 spiro atoms. The van der Waals surface area contributed by atoms with Gasteiger partial charge in [0.1, 0.15) is 0 Å². The van der Waals surface area contributed by atoms with Crippen LogP contribution in [-0.4, -0.2) is 55.5 Å². The van der Waals surface area contributed by atoms with Crippen molar-refractivity contribution in [1.82, 2.24) is 20.9 Å². The molecule has 1 amide bonds. The topological polar surface area (TPSA) is 78.4 Å². The minimum atomic E-state index is -0.120. The van der Waals surface area contributed by atoms with Crippen molar-refractivity contribution in [3.8, 4) is 0 Å². The number of aromatic nitrogens is 1. The van der Waals surface area contributed by atoms with Gasteiger partial charge in [0.25, 0.3) is 5.91 Å². The van der Waals surface area contributed by atoms with Crippen LogP contribution in [0.1, 0.15) is 10.4 Å². The third-order valence-electron chi connectivity index (χ3n) is 2.45. The largest absolute Gasteiger partial charge is 0.356 e. The van der Waals surface area contributed by atoms with Gasteiger partial charge in [0, 0.05) is 44.8 Å². The van der Waals surface area contributed by atoms with Crippen LogP contribution in [-0.2, 0) is 0 Å². The summed E-state index contributed by atoms with van der Waals surface area (Å²) in [5.41, 5.74) is 0.565. The summed E-state index contributed by atoms with van der Waals surface area (Å²) in [6.07, 6.45) is 5.25. The van der Waals surface area contributed by atoms with E-state index in [0.29, 0.717) is 18.7 Å². The van der Waals surface area contributed by atoms with Crippen LogP contribution in [0.2, 0.25) is 0 Å². The van der Waals surface area contributed by atoms with Crippen molar-refractivity contribution in [3.05, 3.63) is 30.1 Å². The molecule has 0 atom stereocenters. The van der Waals surface area contributed by atoms with E-state index in [2.05, 4.69) is 32.2 Å². The van der Waals surface area contributed by atoms with Gasteiger partial charge in [0.05, 0.1) is 5.56 Å². The molecule has 8 heteroatoms. The third kappa shape index (κ3) is 8.76. The number of carbonyl (C=O) groups excluding carboxylic acids is 1. The summed E-state index contributed by atoms with van der Waals surface area (Å²) >= 11 is 1.78. The Bertz CT molecular complexity index is 430. The van der Waals surface area contributed by atoms with Crippen LogP contribution in [0.4, 0.5) is 0 Å². The summed E-state index contributed by atoms with van der Waals surface area (Å²) in [7, 11) is 1.72. The van der Waals surface area contributed by atoms with Crippen LogP contribution < -0.4 is 16.0 Å². The maximum Gasteiger partial charge on any atom is 0.252 e. The molecule has 0 bridgehead atoms. The fourth-order valence-electron chi connectivity index (χ4n) is 1.45. The van der Waals surface area contributed by atoms with Crippen molar-refractivity contribution in [1.29, 1.82) is 0 Å². The Kier molecular flexibility index (Phi) is 12.1. The maximum absolute atomic E-state index is 11.7. The van der Waals surface area contributed by atoms with Crippen molar-refractivity contribution in [2.24, 2.45) is 4.99 Å². The monoisotopic (exact) mass is 423 g/mol. The lowest BCUT2D eigenvalue weighted by Crippen LogP contribution is -2.42. The third-order valence-corrected chi connectivity index (χ3v) is 3.06. The number of aliphatic imine (C=N–C) groups is 1. The molecular formula is C13H22IN5OS. The molecular weight excluding hydrogens is 401 g/mol. The predicted molar refractivity (Wildman–Crippen MR) is 99.7 cm³/mol. The molecule has 1 rings (SSSR count). The second-order valence-electron chi connectivity index (χ2n) is 3.92. The molecule has 1 aromatic heterocycles. The molecule has 0 unspecified atom stereocenters. The molecule has 1 aromatic rings. The first-order valence-corrected chi connectivity index (χ1v) is 7.79. The lowest BCUT2D eigenvalue weighted by Gasteiger charge is -2.11. The van der Waals surface area contributed by atoms with Gasteiger partial charge in [-0.1, -0.05) is 0 Å². The Morgan fingerprint density at radius 3 is 2.62 bits per heavy atom. The summed E-state index contributed by atoms with van der Waals surface area (Å²) in [6.45, 7) is 2.00. The van der Waals surface area contributed by atoms with Gasteiger partial charge in [0.15, 0.2) is 5.96 Å². The average molecular weight is 423 g/mol. The van der Waals surface area contributed by atoms with E-state index in [1.165, 1.54) is 0 Å². The van der Waals surface area contributed by atoms with Crippen LogP contribution in [0.5, 0.6) is 0 Å². The van der Waals surface area contributed by atoms with E-state index in [1.54, 1.807) is 43.3 Å². The number of thioether (sulfide) groups is 1. The van der Waals surface area contributed by atoms with E-state index >= 15 is 0 Å². The van der Waals surface area contributed by atoms with E-state index in [9.17, 15) is 4.79 Å². The predicted octanol–water partition coefficient (Wildman–Crippen LogP) is 0.957. The average Bonchev–Trinajstić information content (AvgIpc) is 2.50. The van der Waals surface area contributed by atoms with Gasteiger partial charge in [-0.15, -0.1) is 24.0 Å². The molecule has 0 aliphatic heterocycles. The summed E-state index contributed by atoms with van der Waals surface area (Å²) in [5.74, 6) is 1.65. The molecule has 6 nitrogen and oxygen atoms in total. The second kappa shape index (κ2) is 12.7. The lowest BCUT2D eigenvalue weighted by molar-refractivity contribution is 0.0954. The van der Waals surface area contributed by atoms with E-state index in [-0.39, 0.29) is 29.9 Å². The molecule has 0 aromatic carbocycles. The van der Waals surface area contributed by atoms with E-state index < -0.39 is 0 Å². The van der Waals surface area contributed by atoms with Crippen molar-refractivity contribution >= 4 is 47.6 Å². The Labute approximate surface area is 147 Å². The van der Waals surface area contributed by atoms with Crippen molar-refractivity contribution in [2.45, 2.75) is 0 Å². The zero-order valence-electron chi connectivity index (χ0n) is 12.3. The highest BCUT2D eigenvalue weighted by molar-refractivity contribution is 14.0. The first kappa shape index (κ1) is 20.0. The number of hydrogen-bond donors (Lipinski definition) is 3. The standard InChI is InChI=1S/C13H21N5OS.HI/c1-14-13(18-8-9-20-2)17-7-6-16-12(19)11-4-3-5-15-10-11;/h3-5,10H,6-9H2,1-2H3,(H,16,19)(H2,14,17,18);1H. The summed E-state index contributed by atoms with van der Waals surface area (Å²) in [5, 5.41) is 9.14. The minimum absolute atomic E-state index is 0. The molecule has 118 valence electrons. The lowest BCUT2D eigenvalue weighted by atomic mass is 10.3. The minimum Gasteiger partial charge on any atom is -0.356 e. The number of halogens is 1. The molecule has 0 saturated carbocycles. The molecule has 0 radical (unpaired) electrons. The SMILES string of the molecule is CN=C(NCCNC(=O)c1cccnc1)NCCSC.I. The molecule has 3 N–H and O–H groups in total. The number of carbonyl (C=O) groups is 1. The van der Waals surface area contributed by atoms with E-state index in [0.717, 1.165) is 18.3 Å². The van der Waals surface area contributed by atoms with Crippen LogP contribution in [0, 0.1) is 0 Å². The quantitative estimate of drug-likeness (QED) is 0.264. The van der Waals surface area contributed by atoms with Crippen LogP contribution >= 0.6 is 35.7 Å². The number of pyridine rings is 1. The molecule has 21 heavy (non-hydrogen) atoms. The molecule has 0 aliphatic carbocycles. The molecule has 0 fully saturated rings. The highest BCUT2D eigenvalue weighted by Crippen LogP contribution is 1.94. The zero-order chi connectivity index (χ0) is 14.6. The van der Waals surface area contributed by atoms with Crippen molar-refractivity contribution in [3.63, 3.8) is 0 Å². The summed E-state index contributed by atoms with van der Waals surface area (Å²) < 4.78 is 0. The smallest absolute Gasteiger partial charge is 0.252 e. The van der Waals surface area contributed by atoms with Crippen LogP contribution in [0.25, 0.3) is 0 Å². The second-order valence-corrected chi connectivity index (χ2v) is 4.90. The number of hydrogen-bond acceptors (Lipinski definition) is 4. The Hall–Kier alpha value is -1.03. The highest BCUT2D eigenvalue weighted by Gasteiger charge is 2.03. The number of amides is 1. The van der Waals surface area contributed by atoms with Gasteiger partial charge >= 0.3 is 0 Å². The van der Waals surface area contributed by atoms with Gasteiger partial charge in [-0.25, -0.2) is 0 Å². The molecule has 0 saturated heterocycles. The van der Waals surface area contributed by atoms with Crippen molar-refractivity contribution < 1.29 is 4.79 Å². The van der Waals surface area contributed by atoms with Crippen molar-refractivity contribution in [2.75, 3.05) is 38.7 Å². The Morgan fingerprint density at radius 2 is 2.00 bits per heavy atom. The Morgan fingerprint density at radius 1 is 1.29 bits per heavy atom. The van der Waals surface area contributed by atoms with E-state index in [1.807, 2.05) is 0 Å². The van der Waals surface area contributed by atoms with Gasteiger partial charge < -0.3 is 16.0 Å². The first-order chi connectivity index (χ1) is 9.77. The first-order valence-electron chi connectivity index (χ1n) is 6.39.